The van der Waals surface area contributed by atoms with Crippen molar-refractivity contribution in [3.05, 3.63) is 41.1 Å². The summed E-state index contributed by atoms with van der Waals surface area (Å²) in [7, 11) is 3.65. The topological polar surface area (TPSA) is 87.7 Å². The van der Waals surface area contributed by atoms with E-state index < -0.39 is 6.04 Å². The monoisotopic (exact) mass is 449 g/mol. The zero-order valence-electron chi connectivity index (χ0n) is 17.3. The van der Waals surface area contributed by atoms with Gasteiger partial charge in [-0.1, -0.05) is 37.6 Å². The third kappa shape index (κ3) is 5.28. The Hall–Kier alpha value is -2.65. The number of amides is 2. The number of hydrogen-bond acceptors (Lipinski definition) is 7. The van der Waals surface area contributed by atoms with Gasteiger partial charge in [-0.3, -0.25) is 14.9 Å². The van der Waals surface area contributed by atoms with Crippen molar-refractivity contribution in [1.82, 2.24) is 14.3 Å². The molecule has 1 N–H and O–H groups in total. The van der Waals surface area contributed by atoms with Crippen molar-refractivity contribution >= 4 is 46.0 Å². The number of halogens is 1. The Morgan fingerprint density at radius 3 is 2.73 bits per heavy atom. The van der Waals surface area contributed by atoms with Crippen molar-refractivity contribution in [1.29, 1.82) is 0 Å². The van der Waals surface area contributed by atoms with Gasteiger partial charge >= 0.3 is 0 Å². The first kappa shape index (κ1) is 22.0. The van der Waals surface area contributed by atoms with E-state index in [4.69, 9.17) is 16.3 Å². The lowest BCUT2D eigenvalue weighted by Gasteiger charge is -2.28. The van der Waals surface area contributed by atoms with E-state index in [1.54, 1.807) is 29.2 Å². The van der Waals surface area contributed by atoms with Crippen molar-refractivity contribution in [2.24, 2.45) is 5.92 Å². The number of carbonyl (C=O) groups is 2. The number of rotatable bonds is 8. The molecule has 2 amide bonds. The lowest BCUT2D eigenvalue weighted by molar-refractivity contribution is -0.133. The summed E-state index contributed by atoms with van der Waals surface area (Å²) in [5.74, 6) is 1.06. The molecule has 0 spiro atoms. The first-order valence-corrected chi connectivity index (χ1v) is 10.6. The van der Waals surface area contributed by atoms with Crippen LogP contribution in [0.5, 0.6) is 5.75 Å². The summed E-state index contributed by atoms with van der Waals surface area (Å²) in [5.41, 5.74) is 0. The Labute approximate surface area is 184 Å². The molecule has 30 heavy (non-hydrogen) atoms. The van der Waals surface area contributed by atoms with Crippen LogP contribution in [0.1, 0.15) is 20.3 Å². The van der Waals surface area contributed by atoms with Crippen molar-refractivity contribution in [3.8, 4) is 5.75 Å². The molecule has 0 radical (unpaired) electrons. The van der Waals surface area contributed by atoms with E-state index in [1.807, 2.05) is 27.9 Å². The SMILES string of the molecule is CC(C)C[C@@H](C(=O)Nc1nc(N(C)C)ns1)N1CC(Oc2ccccc2Cl)=CC1=O. The Morgan fingerprint density at radius 1 is 1.37 bits per heavy atom. The molecule has 0 unspecified atom stereocenters. The number of anilines is 2. The number of aromatic nitrogens is 2. The Kier molecular flexibility index (Phi) is 6.94. The van der Waals surface area contributed by atoms with E-state index in [9.17, 15) is 9.59 Å². The average molecular weight is 450 g/mol. The summed E-state index contributed by atoms with van der Waals surface area (Å²) in [4.78, 5) is 33.2. The van der Waals surface area contributed by atoms with Crippen LogP contribution >= 0.6 is 23.1 Å². The molecule has 1 atom stereocenters. The predicted molar refractivity (Wildman–Crippen MR) is 118 cm³/mol. The molecule has 3 rings (SSSR count). The number of benzene rings is 1. The van der Waals surface area contributed by atoms with E-state index in [0.29, 0.717) is 34.0 Å². The fraction of sp³-hybridized carbons (Fsp3) is 0.400. The van der Waals surface area contributed by atoms with Crippen LogP contribution in [0.2, 0.25) is 5.02 Å². The molecule has 0 saturated heterocycles. The molecule has 2 aromatic rings. The number of hydrogen-bond donors (Lipinski definition) is 1. The molecule has 0 bridgehead atoms. The molecule has 160 valence electrons. The lowest BCUT2D eigenvalue weighted by Crippen LogP contribution is -2.46. The number of para-hydroxylation sites is 1. The maximum atomic E-state index is 13.0. The second-order valence-electron chi connectivity index (χ2n) is 7.54. The zero-order valence-corrected chi connectivity index (χ0v) is 18.8. The Bertz CT molecular complexity index is 959. The summed E-state index contributed by atoms with van der Waals surface area (Å²) >= 11 is 7.24. The molecule has 1 aromatic heterocycles. The van der Waals surface area contributed by atoms with E-state index in [-0.39, 0.29) is 24.3 Å². The van der Waals surface area contributed by atoms with Crippen LogP contribution in [0, 0.1) is 5.92 Å². The van der Waals surface area contributed by atoms with E-state index in [2.05, 4.69) is 14.7 Å². The molecule has 8 nitrogen and oxygen atoms in total. The molecule has 10 heteroatoms. The highest BCUT2D eigenvalue weighted by atomic mass is 35.5. The molecular weight excluding hydrogens is 426 g/mol. The van der Waals surface area contributed by atoms with Crippen LogP contribution in [-0.4, -0.2) is 52.8 Å². The molecule has 0 fully saturated rings. The summed E-state index contributed by atoms with van der Waals surface area (Å²) in [6, 6.07) is 6.38. The lowest BCUT2D eigenvalue weighted by atomic mass is 10.0. The highest BCUT2D eigenvalue weighted by Gasteiger charge is 2.35. The molecular formula is C20H24ClN5O3S. The molecule has 1 aliphatic rings. The van der Waals surface area contributed by atoms with Crippen LogP contribution < -0.4 is 15.0 Å². The normalized spacial score (nSPS) is 14.7. The molecule has 0 aliphatic carbocycles. The summed E-state index contributed by atoms with van der Waals surface area (Å²) < 4.78 is 9.99. The number of nitrogens with one attached hydrogen (secondary N) is 1. The summed E-state index contributed by atoms with van der Waals surface area (Å²) in [6.45, 7) is 4.20. The van der Waals surface area contributed by atoms with E-state index in [1.165, 1.54) is 11.0 Å². The van der Waals surface area contributed by atoms with Gasteiger partial charge in [0.2, 0.25) is 17.0 Å². The van der Waals surface area contributed by atoms with Gasteiger partial charge in [-0.25, -0.2) is 0 Å². The Morgan fingerprint density at radius 2 is 2.10 bits per heavy atom. The van der Waals surface area contributed by atoms with Gasteiger partial charge in [-0.2, -0.15) is 9.36 Å². The van der Waals surface area contributed by atoms with Crippen molar-refractivity contribution in [3.63, 3.8) is 0 Å². The van der Waals surface area contributed by atoms with Gasteiger partial charge in [0.25, 0.3) is 5.91 Å². The quantitative estimate of drug-likeness (QED) is 0.664. The second kappa shape index (κ2) is 9.44. The molecule has 1 aromatic carbocycles. The van der Waals surface area contributed by atoms with Gasteiger partial charge in [0.15, 0.2) is 0 Å². The van der Waals surface area contributed by atoms with Gasteiger partial charge in [-0.05, 0) is 24.5 Å². The maximum absolute atomic E-state index is 13.0. The second-order valence-corrected chi connectivity index (χ2v) is 8.70. The van der Waals surface area contributed by atoms with Crippen LogP contribution in [0.4, 0.5) is 11.1 Å². The number of nitrogens with zero attached hydrogens (tertiary/aromatic N) is 4. The molecule has 2 heterocycles. The van der Waals surface area contributed by atoms with Gasteiger partial charge in [0.05, 0.1) is 11.6 Å². The molecule has 0 saturated carbocycles. The third-order valence-electron chi connectivity index (χ3n) is 4.39. The minimum atomic E-state index is -0.659. The van der Waals surface area contributed by atoms with Gasteiger partial charge in [0.1, 0.15) is 17.6 Å². The van der Waals surface area contributed by atoms with Gasteiger partial charge in [0, 0.05) is 31.7 Å². The van der Waals surface area contributed by atoms with Crippen molar-refractivity contribution < 1.29 is 14.3 Å². The van der Waals surface area contributed by atoms with Crippen LogP contribution in [0.3, 0.4) is 0 Å². The smallest absolute Gasteiger partial charge is 0.251 e. The van der Waals surface area contributed by atoms with Crippen LogP contribution in [0.15, 0.2) is 36.1 Å². The van der Waals surface area contributed by atoms with Gasteiger partial charge < -0.3 is 14.5 Å². The standard InChI is InChI=1S/C20H24ClN5O3S/c1-12(2)9-15(18(28)22-20-23-19(24-30-20)25(3)4)26-11-13(10-17(26)27)29-16-8-6-5-7-14(16)21/h5-8,10,12,15H,9,11H2,1-4H3,(H,22,23,24,28)/t15-/m0/s1. The van der Waals surface area contributed by atoms with E-state index >= 15 is 0 Å². The van der Waals surface area contributed by atoms with Crippen LogP contribution in [0.25, 0.3) is 0 Å². The number of carbonyl (C=O) groups excluding carboxylic acids is 2. The van der Waals surface area contributed by atoms with Crippen molar-refractivity contribution in [2.75, 3.05) is 30.9 Å². The highest BCUT2D eigenvalue weighted by molar-refractivity contribution is 7.10. The largest absolute Gasteiger partial charge is 0.458 e. The van der Waals surface area contributed by atoms with Crippen LogP contribution in [-0.2, 0) is 9.59 Å². The minimum absolute atomic E-state index is 0.188. The summed E-state index contributed by atoms with van der Waals surface area (Å²) in [6.07, 6.45) is 1.91. The first-order chi connectivity index (χ1) is 14.2. The maximum Gasteiger partial charge on any atom is 0.251 e. The predicted octanol–water partition coefficient (Wildman–Crippen LogP) is 3.42. The fourth-order valence-electron chi connectivity index (χ4n) is 2.97. The fourth-order valence-corrected chi connectivity index (χ4v) is 3.78. The highest BCUT2D eigenvalue weighted by Crippen LogP contribution is 2.28. The Balaban J connectivity index is 1.72. The third-order valence-corrected chi connectivity index (χ3v) is 5.32. The number of ether oxygens (including phenoxy) is 1. The van der Waals surface area contributed by atoms with Gasteiger partial charge in [-0.15, -0.1) is 0 Å². The summed E-state index contributed by atoms with van der Waals surface area (Å²) in [5, 5.41) is 3.64. The van der Waals surface area contributed by atoms with Crippen molar-refractivity contribution in [2.45, 2.75) is 26.3 Å². The zero-order chi connectivity index (χ0) is 21.8. The van der Waals surface area contributed by atoms with E-state index in [0.717, 1.165) is 11.5 Å². The average Bonchev–Trinajstić information content (AvgIpc) is 3.28. The molecule has 1 aliphatic heterocycles. The minimum Gasteiger partial charge on any atom is -0.458 e. The first-order valence-electron chi connectivity index (χ1n) is 9.50.